The molecule has 0 bridgehead atoms. The van der Waals surface area contributed by atoms with Gasteiger partial charge in [0.05, 0.1) is 12.2 Å². The third kappa shape index (κ3) is 5.17. The number of aromatic hydroxyl groups is 1. The predicted octanol–water partition coefficient (Wildman–Crippen LogP) is 2.43. The predicted molar refractivity (Wildman–Crippen MR) is 102 cm³/mol. The Morgan fingerprint density at radius 3 is 2.89 bits per heavy atom. The van der Waals surface area contributed by atoms with E-state index in [1.165, 1.54) is 12.3 Å². The fraction of sp³-hybridized carbons (Fsp3) is 0.400. The summed E-state index contributed by atoms with van der Waals surface area (Å²) >= 11 is 0. The molecule has 1 amide bonds. The van der Waals surface area contributed by atoms with Crippen LogP contribution in [0.2, 0.25) is 0 Å². The fourth-order valence-corrected chi connectivity index (χ4v) is 3.17. The number of rotatable bonds is 7. The quantitative estimate of drug-likeness (QED) is 0.651. The lowest BCUT2D eigenvalue weighted by atomic mass is 10.0. The van der Waals surface area contributed by atoms with E-state index in [9.17, 15) is 14.3 Å². The third-order valence-electron chi connectivity index (χ3n) is 4.71. The number of hydrogen-bond donors (Lipinski definition) is 3. The SMILES string of the molecule is Cc1ccc(CN2CCCC(NCCNc3ccc(O)cn3)C2=O)cc1F. The summed E-state index contributed by atoms with van der Waals surface area (Å²) in [5.74, 6) is 0.623. The number of likely N-dealkylation sites (tertiary alicyclic amines) is 1. The maximum Gasteiger partial charge on any atom is 0.240 e. The first-order valence-corrected chi connectivity index (χ1v) is 9.19. The summed E-state index contributed by atoms with van der Waals surface area (Å²) in [4.78, 5) is 18.5. The first-order chi connectivity index (χ1) is 13.0. The molecule has 2 aromatic rings. The number of halogens is 1. The maximum absolute atomic E-state index is 13.7. The molecule has 27 heavy (non-hydrogen) atoms. The molecule has 144 valence electrons. The summed E-state index contributed by atoms with van der Waals surface area (Å²) < 4.78 is 13.7. The Bertz CT molecular complexity index is 782. The Balaban J connectivity index is 1.47. The molecule has 1 fully saturated rings. The largest absolute Gasteiger partial charge is 0.506 e. The lowest BCUT2D eigenvalue weighted by Gasteiger charge is -2.33. The number of nitrogens with zero attached hydrogens (tertiary/aromatic N) is 2. The van der Waals surface area contributed by atoms with Crippen molar-refractivity contribution in [3.8, 4) is 5.75 Å². The molecule has 6 nitrogen and oxygen atoms in total. The highest BCUT2D eigenvalue weighted by atomic mass is 19.1. The summed E-state index contributed by atoms with van der Waals surface area (Å²) in [5, 5.41) is 15.6. The summed E-state index contributed by atoms with van der Waals surface area (Å²) in [5.41, 5.74) is 1.42. The Kier molecular flexibility index (Phi) is 6.24. The van der Waals surface area contributed by atoms with Gasteiger partial charge in [0.1, 0.15) is 17.4 Å². The van der Waals surface area contributed by atoms with E-state index in [2.05, 4.69) is 15.6 Å². The van der Waals surface area contributed by atoms with Crippen LogP contribution >= 0.6 is 0 Å². The number of carbonyl (C=O) groups is 1. The van der Waals surface area contributed by atoms with Crippen LogP contribution in [0.5, 0.6) is 5.75 Å². The number of nitrogens with one attached hydrogen (secondary N) is 2. The van der Waals surface area contributed by atoms with Gasteiger partial charge in [-0.3, -0.25) is 4.79 Å². The molecule has 0 aliphatic carbocycles. The van der Waals surface area contributed by atoms with Crippen molar-refractivity contribution >= 4 is 11.7 Å². The molecule has 1 atom stereocenters. The number of benzene rings is 1. The average Bonchev–Trinajstić information content (AvgIpc) is 2.66. The molecular weight excluding hydrogens is 347 g/mol. The first kappa shape index (κ1) is 19.1. The Morgan fingerprint density at radius 2 is 2.15 bits per heavy atom. The second kappa shape index (κ2) is 8.81. The second-order valence-corrected chi connectivity index (χ2v) is 6.82. The molecule has 0 saturated carbocycles. The van der Waals surface area contributed by atoms with Gasteiger partial charge in [-0.05, 0) is 49.1 Å². The van der Waals surface area contributed by atoms with Gasteiger partial charge < -0.3 is 20.6 Å². The highest BCUT2D eigenvalue weighted by Gasteiger charge is 2.28. The lowest BCUT2D eigenvalue weighted by molar-refractivity contribution is -0.136. The number of anilines is 1. The van der Waals surface area contributed by atoms with Crippen molar-refractivity contribution in [2.45, 2.75) is 32.4 Å². The van der Waals surface area contributed by atoms with Crippen LogP contribution < -0.4 is 10.6 Å². The van der Waals surface area contributed by atoms with Gasteiger partial charge in [-0.15, -0.1) is 0 Å². The molecule has 1 aliphatic rings. The minimum Gasteiger partial charge on any atom is -0.506 e. The van der Waals surface area contributed by atoms with Crippen molar-refractivity contribution in [3.05, 3.63) is 53.5 Å². The normalized spacial score (nSPS) is 17.2. The molecule has 7 heteroatoms. The minimum atomic E-state index is -0.236. The smallest absolute Gasteiger partial charge is 0.240 e. The van der Waals surface area contributed by atoms with Crippen molar-refractivity contribution in [3.63, 3.8) is 0 Å². The fourth-order valence-electron chi connectivity index (χ4n) is 3.17. The molecule has 0 spiro atoms. The lowest BCUT2D eigenvalue weighted by Crippen LogP contribution is -2.51. The maximum atomic E-state index is 13.7. The minimum absolute atomic E-state index is 0.0602. The summed E-state index contributed by atoms with van der Waals surface area (Å²) in [6.07, 6.45) is 3.10. The standard InChI is InChI=1S/C20H25FN4O2/c1-14-4-5-15(11-17(14)21)13-25-10-2-3-18(20(25)27)22-8-9-23-19-7-6-16(26)12-24-19/h4-7,11-12,18,22,26H,2-3,8-10,13H2,1H3,(H,23,24). The van der Waals surface area contributed by atoms with Gasteiger partial charge in [0, 0.05) is 26.2 Å². The van der Waals surface area contributed by atoms with Crippen molar-refractivity contribution in [2.24, 2.45) is 0 Å². The molecule has 3 rings (SSSR count). The van der Waals surface area contributed by atoms with Gasteiger partial charge in [-0.25, -0.2) is 9.37 Å². The molecule has 2 heterocycles. The van der Waals surface area contributed by atoms with Crippen molar-refractivity contribution in [1.29, 1.82) is 0 Å². The van der Waals surface area contributed by atoms with Gasteiger partial charge in [-0.1, -0.05) is 12.1 Å². The van der Waals surface area contributed by atoms with E-state index >= 15 is 0 Å². The van der Waals surface area contributed by atoms with Crippen LogP contribution in [0.3, 0.4) is 0 Å². The van der Waals surface area contributed by atoms with Crippen LogP contribution in [0.4, 0.5) is 10.2 Å². The first-order valence-electron chi connectivity index (χ1n) is 9.19. The van der Waals surface area contributed by atoms with E-state index < -0.39 is 0 Å². The molecule has 0 radical (unpaired) electrons. The summed E-state index contributed by atoms with van der Waals surface area (Å²) in [6.45, 7) is 4.09. The topological polar surface area (TPSA) is 77.5 Å². The molecule has 1 aliphatic heterocycles. The van der Waals surface area contributed by atoms with Gasteiger partial charge in [0.25, 0.3) is 0 Å². The number of carbonyl (C=O) groups excluding carboxylic acids is 1. The number of aromatic nitrogens is 1. The Morgan fingerprint density at radius 1 is 1.30 bits per heavy atom. The van der Waals surface area contributed by atoms with Crippen molar-refractivity contribution < 1.29 is 14.3 Å². The van der Waals surface area contributed by atoms with Crippen LogP contribution in [-0.2, 0) is 11.3 Å². The summed E-state index contributed by atoms with van der Waals surface area (Å²) in [6, 6.07) is 8.18. The van der Waals surface area contributed by atoms with E-state index in [1.807, 2.05) is 6.07 Å². The average molecular weight is 372 g/mol. The van der Waals surface area contributed by atoms with E-state index in [1.54, 1.807) is 30.0 Å². The molecule has 1 aromatic carbocycles. The van der Waals surface area contributed by atoms with Crippen LogP contribution in [0.25, 0.3) is 0 Å². The number of amides is 1. The van der Waals surface area contributed by atoms with Gasteiger partial charge >= 0.3 is 0 Å². The number of aryl methyl sites for hydroxylation is 1. The van der Waals surface area contributed by atoms with Crippen LogP contribution in [0, 0.1) is 12.7 Å². The van der Waals surface area contributed by atoms with Gasteiger partial charge in [-0.2, -0.15) is 0 Å². The van der Waals surface area contributed by atoms with Crippen LogP contribution in [-0.4, -0.2) is 46.6 Å². The third-order valence-corrected chi connectivity index (χ3v) is 4.71. The monoisotopic (exact) mass is 372 g/mol. The Labute approximate surface area is 158 Å². The van der Waals surface area contributed by atoms with E-state index in [0.717, 1.165) is 18.4 Å². The van der Waals surface area contributed by atoms with Crippen LogP contribution in [0.1, 0.15) is 24.0 Å². The van der Waals surface area contributed by atoms with E-state index in [-0.39, 0.29) is 23.5 Å². The molecule has 1 aromatic heterocycles. The molecule has 1 unspecified atom stereocenters. The van der Waals surface area contributed by atoms with E-state index in [0.29, 0.717) is 37.6 Å². The van der Waals surface area contributed by atoms with E-state index in [4.69, 9.17) is 0 Å². The second-order valence-electron chi connectivity index (χ2n) is 6.82. The summed E-state index contributed by atoms with van der Waals surface area (Å²) in [7, 11) is 0. The highest BCUT2D eigenvalue weighted by Crippen LogP contribution is 2.17. The zero-order valence-corrected chi connectivity index (χ0v) is 15.4. The number of hydrogen-bond acceptors (Lipinski definition) is 5. The number of piperidine rings is 1. The van der Waals surface area contributed by atoms with Crippen LogP contribution in [0.15, 0.2) is 36.5 Å². The molecule has 1 saturated heterocycles. The zero-order valence-electron chi connectivity index (χ0n) is 15.4. The Hall–Kier alpha value is -2.67. The highest BCUT2D eigenvalue weighted by molar-refractivity contribution is 5.82. The zero-order chi connectivity index (χ0) is 19.2. The number of pyridine rings is 1. The molecular formula is C20H25FN4O2. The van der Waals surface area contributed by atoms with Crippen molar-refractivity contribution in [2.75, 3.05) is 25.0 Å². The van der Waals surface area contributed by atoms with Gasteiger partial charge in [0.15, 0.2) is 0 Å². The van der Waals surface area contributed by atoms with Crippen molar-refractivity contribution in [1.82, 2.24) is 15.2 Å². The van der Waals surface area contributed by atoms with Gasteiger partial charge in [0.2, 0.25) is 5.91 Å². The molecule has 3 N–H and O–H groups in total.